The third-order valence-corrected chi connectivity index (χ3v) is 1.91. The van der Waals surface area contributed by atoms with Gasteiger partial charge in [0.25, 0.3) is 0 Å². The minimum absolute atomic E-state index is 0.201. The number of hydrogen-bond acceptors (Lipinski definition) is 5. The van der Waals surface area contributed by atoms with E-state index in [1.807, 2.05) is 13.8 Å². The molecule has 0 aliphatic carbocycles. The van der Waals surface area contributed by atoms with Gasteiger partial charge in [0, 0.05) is 5.92 Å². The van der Waals surface area contributed by atoms with E-state index in [1.54, 1.807) is 6.92 Å². The molecular weight excluding hydrogens is 194 g/mol. The van der Waals surface area contributed by atoms with Gasteiger partial charge in [0.05, 0.1) is 12.8 Å². The molecule has 0 aliphatic rings. The van der Waals surface area contributed by atoms with Crippen molar-refractivity contribution in [2.75, 3.05) is 7.11 Å². The normalized spacial score (nSPS) is 9.93. The fourth-order valence-corrected chi connectivity index (χ4v) is 1.14. The predicted molar refractivity (Wildman–Crippen MR) is 55.2 cm³/mol. The molecule has 0 aliphatic heterocycles. The number of hydrogen-bond donors (Lipinski definition) is 0. The lowest BCUT2D eigenvalue weighted by molar-refractivity contribution is 0.394. The summed E-state index contributed by atoms with van der Waals surface area (Å²) in [6.45, 7) is 5.72. The van der Waals surface area contributed by atoms with E-state index in [4.69, 9.17) is 4.74 Å². The molecule has 0 N–H and O–H groups in total. The van der Waals surface area contributed by atoms with Crippen molar-refractivity contribution in [3.05, 3.63) is 11.5 Å². The minimum atomic E-state index is 0.201. The number of aromatic nitrogens is 2. The number of rotatable bonds is 3. The monoisotopic (exact) mass is 207 g/mol. The van der Waals surface area contributed by atoms with Crippen LogP contribution in [0.5, 0.6) is 5.88 Å². The number of carbonyl (C=O) groups excluding carboxylic acids is 1. The van der Waals surface area contributed by atoms with Crippen LogP contribution >= 0.6 is 0 Å². The van der Waals surface area contributed by atoms with Crippen LogP contribution in [0.4, 0.5) is 5.69 Å². The van der Waals surface area contributed by atoms with Crippen molar-refractivity contribution >= 4 is 11.8 Å². The lowest BCUT2D eigenvalue weighted by Gasteiger charge is -2.09. The summed E-state index contributed by atoms with van der Waals surface area (Å²) in [6.07, 6.45) is 1.46. The number of aryl methyl sites for hydroxylation is 1. The van der Waals surface area contributed by atoms with E-state index in [0.717, 1.165) is 0 Å². The van der Waals surface area contributed by atoms with Crippen LogP contribution in [0, 0.1) is 6.92 Å². The highest BCUT2D eigenvalue weighted by Crippen LogP contribution is 2.28. The Kier molecular flexibility index (Phi) is 3.52. The van der Waals surface area contributed by atoms with E-state index in [9.17, 15) is 4.79 Å². The number of aliphatic imine (C=N–C) groups is 1. The predicted octanol–water partition coefficient (Wildman–Crippen LogP) is 1.88. The molecule has 15 heavy (non-hydrogen) atoms. The van der Waals surface area contributed by atoms with Crippen LogP contribution in [0.25, 0.3) is 0 Å². The smallest absolute Gasteiger partial charge is 0.244 e. The van der Waals surface area contributed by atoms with E-state index in [0.29, 0.717) is 23.1 Å². The molecular formula is C10H13N3O2. The van der Waals surface area contributed by atoms with Gasteiger partial charge in [-0.15, -0.1) is 0 Å². The summed E-state index contributed by atoms with van der Waals surface area (Å²) >= 11 is 0. The van der Waals surface area contributed by atoms with Crippen molar-refractivity contribution in [1.29, 1.82) is 0 Å². The molecule has 0 saturated carbocycles. The van der Waals surface area contributed by atoms with Gasteiger partial charge in [0.1, 0.15) is 5.82 Å². The molecule has 0 radical (unpaired) electrons. The fraction of sp³-hybridized carbons (Fsp3) is 0.500. The Bertz CT molecular complexity index is 409. The summed E-state index contributed by atoms with van der Waals surface area (Å²) in [5, 5.41) is 0. The first-order valence-corrected chi connectivity index (χ1v) is 4.60. The van der Waals surface area contributed by atoms with E-state index in [-0.39, 0.29) is 5.92 Å². The van der Waals surface area contributed by atoms with Crippen molar-refractivity contribution in [2.24, 2.45) is 4.99 Å². The molecule has 0 bridgehead atoms. The van der Waals surface area contributed by atoms with Gasteiger partial charge in [-0.25, -0.2) is 9.78 Å². The van der Waals surface area contributed by atoms with Crippen molar-refractivity contribution in [1.82, 2.24) is 9.97 Å². The summed E-state index contributed by atoms with van der Waals surface area (Å²) in [4.78, 5) is 22.1. The molecule has 1 aromatic rings. The Morgan fingerprint density at radius 1 is 1.40 bits per heavy atom. The maximum Gasteiger partial charge on any atom is 0.244 e. The molecule has 0 atom stereocenters. The van der Waals surface area contributed by atoms with E-state index in [2.05, 4.69) is 15.0 Å². The second-order valence-electron chi connectivity index (χ2n) is 3.38. The molecule has 0 unspecified atom stereocenters. The van der Waals surface area contributed by atoms with Crippen molar-refractivity contribution in [3.63, 3.8) is 0 Å². The molecule has 0 fully saturated rings. The van der Waals surface area contributed by atoms with Gasteiger partial charge < -0.3 is 4.74 Å². The standard InChI is InChI=1S/C10H13N3O2/c1-6(2)9-12-7(3)8(11-5-14)10(13-9)15-4/h6H,1-4H3. The molecule has 1 aromatic heterocycles. The Hall–Kier alpha value is -1.74. The lowest BCUT2D eigenvalue weighted by Crippen LogP contribution is -2.02. The molecule has 5 nitrogen and oxygen atoms in total. The summed E-state index contributed by atoms with van der Waals surface area (Å²) in [7, 11) is 1.48. The Morgan fingerprint density at radius 3 is 2.53 bits per heavy atom. The zero-order valence-electron chi connectivity index (χ0n) is 9.24. The highest BCUT2D eigenvalue weighted by Gasteiger charge is 2.13. The molecule has 80 valence electrons. The summed E-state index contributed by atoms with van der Waals surface area (Å²) in [5.41, 5.74) is 0.964. The van der Waals surface area contributed by atoms with Gasteiger partial charge in [0.2, 0.25) is 12.0 Å². The SMILES string of the molecule is COc1nc(C(C)C)nc(C)c1N=C=O. The quantitative estimate of drug-likeness (QED) is 0.560. The number of isocyanates is 1. The van der Waals surface area contributed by atoms with Crippen LogP contribution in [0.2, 0.25) is 0 Å². The number of nitrogens with zero attached hydrogens (tertiary/aromatic N) is 3. The van der Waals surface area contributed by atoms with Crippen molar-refractivity contribution < 1.29 is 9.53 Å². The van der Waals surface area contributed by atoms with Gasteiger partial charge in [0.15, 0.2) is 5.69 Å². The zero-order valence-corrected chi connectivity index (χ0v) is 9.24. The first kappa shape index (κ1) is 11.3. The molecule has 0 spiro atoms. The van der Waals surface area contributed by atoms with Crippen molar-refractivity contribution in [3.8, 4) is 5.88 Å². The molecule has 0 saturated heterocycles. The van der Waals surface area contributed by atoms with Crippen LogP contribution in [-0.4, -0.2) is 23.2 Å². The third kappa shape index (κ3) is 2.39. The largest absolute Gasteiger partial charge is 0.479 e. The Balaban J connectivity index is 3.36. The minimum Gasteiger partial charge on any atom is -0.479 e. The van der Waals surface area contributed by atoms with E-state index in [1.165, 1.54) is 13.2 Å². The van der Waals surface area contributed by atoms with Crippen molar-refractivity contribution in [2.45, 2.75) is 26.7 Å². The molecule has 5 heteroatoms. The second-order valence-corrected chi connectivity index (χ2v) is 3.38. The number of ether oxygens (including phenoxy) is 1. The van der Waals surface area contributed by atoms with Gasteiger partial charge in [-0.2, -0.15) is 9.98 Å². The summed E-state index contributed by atoms with van der Waals surface area (Å²) in [6, 6.07) is 0. The van der Waals surface area contributed by atoms with E-state index < -0.39 is 0 Å². The molecule has 1 rings (SSSR count). The maximum absolute atomic E-state index is 10.2. The third-order valence-electron chi connectivity index (χ3n) is 1.91. The fourth-order valence-electron chi connectivity index (χ4n) is 1.14. The van der Waals surface area contributed by atoms with Gasteiger partial charge in [-0.05, 0) is 6.92 Å². The first-order valence-electron chi connectivity index (χ1n) is 4.60. The summed E-state index contributed by atoms with van der Waals surface area (Å²) in [5.74, 6) is 1.19. The van der Waals surface area contributed by atoms with Gasteiger partial charge >= 0.3 is 0 Å². The number of methoxy groups -OCH3 is 1. The molecule has 0 amide bonds. The van der Waals surface area contributed by atoms with Crippen LogP contribution in [0.3, 0.4) is 0 Å². The van der Waals surface area contributed by atoms with E-state index >= 15 is 0 Å². The van der Waals surface area contributed by atoms with Crippen LogP contribution < -0.4 is 4.74 Å². The molecule has 1 heterocycles. The van der Waals surface area contributed by atoms with Gasteiger partial charge in [-0.3, -0.25) is 0 Å². The molecule has 0 aromatic carbocycles. The van der Waals surface area contributed by atoms with Gasteiger partial charge in [-0.1, -0.05) is 13.8 Å². The lowest BCUT2D eigenvalue weighted by atomic mass is 10.2. The Morgan fingerprint density at radius 2 is 2.07 bits per heavy atom. The maximum atomic E-state index is 10.2. The first-order chi connectivity index (χ1) is 7.10. The zero-order chi connectivity index (χ0) is 11.4. The average Bonchev–Trinajstić information content (AvgIpc) is 2.20. The summed E-state index contributed by atoms with van der Waals surface area (Å²) < 4.78 is 5.05. The van der Waals surface area contributed by atoms with Crippen LogP contribution in [0.15, 0.2) is 4.99 Å². The van der Waals surface area contributed by atoms with Crippen LogP contribution in [-0.2, 0) is 4.79 Å². The average molecular weight is 207 g/mol. The Labute approximate surface area is 88.2 Å². The van der Waals surface area contributed by atoms with Crippen LogP contribution in [0.1, 0.15) is 31.3 Å². The highest BCUT2D eigenvalue weighted by molar-refractivity contribution is 5.57. The highest BCUT2D eigenvalue weighted by atomic mass is 16.5. The second kappa shape index (κ2) is 4.66. The topological polar surface area (TPSA) is 64.4 Å².